The Morgan fingerprint density at radius 1 is 1.14 bits per heavy atom. The van der Waals surface area contributed by atoms with Crippen LogP contribution in [0.4, 0.5) is 5.69 Å². The Bertz CT molecular complexity index is 1180. The van der Waals surface area contributed by atoms with Crippen LogP contribution in [0.2, 0.25) is 0 Å². The van der Waals surface area contributed by atoms with Crippen LogP contribution < -0.4 is 10.6 Å². The molecule has 1 saturated heterocycles. The number of nitrogens with one attached hydrogen (secondary N) is 2. The Kier molecular flexibility index (Phi) is 7.83. The summed E-state index contributed by atoms with van der Waals surface area (Å²) in [7, 11) is 1.72. The van der Waals surface area contributed by atoms with Gasteiger partial charge in [-0.3, -0.25) is 9.78 Å². The highest BCUT2D eigenvalue weighted by Crippen LogP contribution is 2.40. The fourth-order valence-electron chi connectivity index (χ4n) is 4.72. The first kappa shape index (κ1) is 24.9. The number of aryl methyl sites for hydroxylation is 2. The van der Waals surface area contributed by atoms with E-state index in [1.165, 1.54) is 17.0 Å². The number of anilines is 1. The van der Waals surface area contributed by atoms with Crippen molar-refractivity contribution in [3.63, 3.8) is 0 Å². The molecular formula is C27H33N5O2S. The van der Waals surface area contributed by atoms with E-state index in [1.54, 1.807) is 13.3 Å². The predicted molar refractivity (Wildman–Crippen MR) is 142 cm³/mol. The van der Waals surface area contributed by atoms with Crippen molar-refractivity contribution < 1.29 is 9.53 Å². The number of pyridine rings is 1. The Balaban J connectivity index is 1.59. The summed E-state index contributed by atoms with van der Waals surface area (Å²) in [6.07, 6.45) is 2.13. The van der Waals surface area contributed by atoms with E-state index in [-0.39, 0.29) is 18.0 Å². The average Bonchev–Trinajstić information content (AvgIpc) is 3.33. The van der Waals surface area contributed by atoms with Gasteiger partial charge in [0.25, 0.3) is 0 Å². The van der Waals surface area contributed by atoms with Crippen molar-refractivity contribution in [2.45, 2.75) is 45.8 Å². The van der Waals surface area contributed by atoms with Crippen LogP contribution in [-0.4, -0.2) is 45.7 Å². The van der Waals surface area contributed by atoms with Gasteiger partial charge in [-0.15, -0.1) is 0 Å². The van der Waals surface area contributed by atoms with E-state index < -0.39 is 0 Å². The van der Waals surface area contributed by atoms with Gasteiger partial charge in [-0.05, 0) is 68.9 Å². The summed E-state index contributed by atoms with van der Waals surface area (Å²) >= 11 is 5.77. The zero-order valence-corrected chi connectivity index (χ0v) is 21.6. The monoisotopic (exact) mass is 491 g/mol. The Labute approximate surface area is 212 Å². The first-order valence-corrected chi connectivity index (χ1v) is 12.3. The van der Waals surface area contributed by atoms with Crippen molar-refractivity contribution in [3.8, 4) is 0 Å². The van der Waals surface area contributed by atoms with Crippen LogP contribution in [0, 0.1) is 20.8 Å². The number of hydrogen-bond acceptors (Lipinski definition) is 4. The number of aromatic nitrogens is 2. The van der Waals surface area contributed by atoms with E-state index in [2.05, 4.69) is 45.0 Å². The highest BCUT2D eigenvalue weighted by Gasteiger charge is 2.41. The summed E-state index contributed by atoms with van der Waals surface area (Å²) in [5.74, 6) is -0.0396. The second-order valence-electron chi connectivity index (χ2n) is 8.96. The Hall–Kier alpha value is -3.23. The van der Waals surface area contributed by atoms with E-state index in [0.717, 1.165) is 23.5 Å². The lowest BCUT2D eigenvalue weighted by atomic mass is 9.96. The summed E-state index contributed by atoms with van der Waals surface area (Å²) in [6.45, 7) is 8.20. The second-order valence-corrected chi connectivity index (χ2v) is 9.34. The van der Waals surface area contributed by atoms with E-state index in [1.807, 2.05) is 49.4 Å². The molecule has 35 heavy (non-hydrogen) atoms. The van der Waals surface area contributed by atoms with Gasteiger partial charge in [0.05, 0.1) is 24.4 Å². The fourth-order valence-corrected chi connectivity index (χ4v) is 5.05. The second kappa shape index (κ2) is 11.0. The quantitative estimate of drug-likeness (QED) is 0.431. The van der Waals surface area contributed by atoms with Gasteiger partial charge in [0, 0.05) is 49.9 Å². The third-order valence-electron chi connectivity index (χ3n) is 6.56. The molecule has 1 aliphatic heterocycles. The number of thiocarbonyl (C=S) groups is 1. The molecule has 0 saturated carbocycles. The summed E-state index contributed by atoms with van der Waals surface area (Å²) in [5.41, 5.74) is 6.40. The number of rotatable bonds is 9. The molecule has 0 spiro atoms. The third kappa shape index (κ3) is 5.55. The maximum atomic E-state index is 12.8. The molecule has 0 aliphatic carbocycles. The van der Waals surface area contributed by atoms with Crippen LogP contribution in [0.3, 0.4) is 0 Å². The number of benzene rings is 1. The molecule has 0 bridgehead atoms. The van der Waals surface area contributed by atoms with E-state index in [4.69, 9.17) is 17.0 Å². The summed E-state index contributed by atoms with van der Waals surface area (Å²) in [6, 6.07) is 15.8. The lowest BCUT2D eigenvalue weighted by molar-refractivity contribution is -0.116. The van der Waals surface area contributed by atoms with Crippen LogP contribution in [0.1, 0.15) is 46.7 Å². The van der Waals surface area contributed by atoms with Gasteiger partial charge in [0.1, 0.15) is 0 Å². The Morgan fingerprint density at radius 2 is 1.91 bits per heavy atom. The van der Waals surface area contributed by atoms with E-state index in [0.29, 0.717) is 24.7 Å². The van der Waals surface area contributed by atoms with Gasteiger partial charge < -0.3 is 24.8 Å². The normalized spacial score (nSPS) is 17.5. The minimum Gasteiger partial charge on any atom is -0.383 e. The predicted octanol–water partition coefficient (Wildman–Crippen LogP) is 4.46. The number of nitrogens with zero attached hydrogens (tertiary/aromatic N) is 3. The van der Waals surface area contributed by atoms with Gasteiger partial charge in [-0.1, -0.05) is 23.8 Å². The SMILES string of the molecule is COCCn1c(C)cc(C2C(c3ccccn3)NC(=S)N2CCC(=O)Nc2ccc(C)cc2)c1C. The summed E-state index contributed by atoms with van der Waals surface area (Å²) in [5, 5.41) is 7.11. The van der Waals surface area contributed by atoms with E-state index in [9.17, 15) is 4.79 Å². The molecule has 4 rings (SSSR count). The molecule has 1 fully saturated rings. The zero-order valence-electron chi connectivity index (χ0n) is 20.7. The van der Waals surface area contributed by atoms with Crippen LogP contribution in [0.15, 0.2) is 54.7 Å². The number of carbonyl (C=O) groups is 1. The van der Waals surface area contributed by atoms with Gasteiger partial charge in [-0.2, -0.15) is 0 Å². The lowest BCUT2D eigenvalue weighted by Crippen LogP contribution is -2.33. The molecule has 3 heterocycles. The zero-order chi connectivity index (χ0) is 24.9. The minimum absolute atomic E-state index is 0.0396. The highest BCUT2D eigenvalue weighted by atomic mass is 32.1. The smallest absolute Gasteiger partial charge is 0.226 e. The molecule has 2 atom stereocenters. The summed E-state index contributed by atoms with van der Waals surface area (Å²) < 4.78 is 7.60. The molecule has 1 amide bonds. The molecule has 1 aromatic carbocycles. The molecule has 2 aromatic heterocycles. The maximum Gasteiger partial charge on any atom is 0.226 e. The largest absolute Gasteiger partial charge is 0.383 e. The van der Waals surface area contributed by atoms with Crippen molar-refractivity contribution in [1.29, 1.82) is 0 Å². The number of methoxy groups -OCH3 is 1. The Morgan fingerprint density at radius 3 is 2.60 bits per heavy atom. The molecule has 2 unspecified atom stereocenters. The number of carbonyl (C=O) groups excluding carboxylic acids is 1. The van der Waals surface area contributed by atoms with Crippen molar-refractivity contribution >= 4 is 28.9 Å². The molecule has 3 aromatic rings. The number of amides is 1. The fraction of sp³-hybridized carbons (Fsp3) is 0.370. The standard InChI is InChI=1S/C27H33N5O2S/c1-18-8-10-21(11-9-18)29-24(33)12-14-32-26(22-17-19(2)31(20(22)3)15-16-34-4)25(30-27(32)35)23-7-5-6-13-28-23/h5-11,13,17,25-26H,12,14-16H2,1-4H3,(H,29,33)(H,30,35). The summed E-state index contributed by atoms with van der Waals surface area (Å²) in [4.78, 5) is 19.5. The van der Waals surface area contributed by atoms with Crippen molar-refractivity contribution in [2.75, 3.05) is 25.6 Å². The van der Waals surface area contributed by atoms with E-state index >= 15 is 0 Å². The average molecular weight is 492 g/mol. The third-order valence-corrected chi connectivity index (χ3v) is 6.92. The molecule has 8 heteroatoms. The van der Waals surface area contributed by atoms with Crippen LogP contribution in [0.5, 0.6) is 0 Å². The first-order chi connectivity index (χ1) is 16.9. The van der Waals surface area contributed by atoms with Gasteiger partial charge >= 0.3 is 0 Å². The van der Waals surface area contributed by atoms with Crippen LogP contribution >= 0.6 is 12.2 Å². The highest BCUT2D eigenvalue weighted by molar-refractivity contribution is 7.80. The van der Waals surface area contributed by atoms with Crippen LogP contribution in [-0.2, 0) is 16.1 Å². The van der Waals surface area contributed by atoms with Gasteiger partial charge in [0.2, 0.25) is 5.91 Å². The molecule has 1 aliphatic rings. The van der Waals surface area contributed by atoms with Crippen molar-refractivity contribution in [2.24, 2.45) is 0 Å². The minimum atomic E-state index is -0.111. The number of hydrogen-bond donors (Lipinski definition) is 2. The van der Waals surface area contributed by atoms with Gasteiger partial charge in [0.15, 0.2) is 5.11 Å². The van der Waals surface area contributed by atoms with Crippen molar-refractivity contribution in [3.05, 3.63) is 82.9 Å². The molecular weight excluding hydrogens is 458 g/mol. The van der Waals surface area contributed by atoms with Crippen molar-refractivity contribution in [1.82, 2.24) is 19.8 Å². The molecule has 184 valence electrons. The number of ether oxygens (including phenoxy) is 1. The maximum absolute atomic E-state index is 12.8. The van der Waals surface area contributed by atoms with Crippen LogP contribution in [0.25, 0.3) is 0 Å². The van der Waals surface area contributed by atoms with Gasteiger partial charge in [-0.25, -0.2) is 0 Å². The lowest BCUT2D eigenvalue weighted by Gasteiger charge is -2.28. The molecule has 0 radical (unpaired) electrons. The molecule has 2 N–H and O–H groups in total. The topological polar surface area (TPSA) is 71.4 Å². The first-order valence-electron chi connectivity index (χ1n) is 11.9. The molecule has 7 nitrogen and oxygen atoms in total.